The molecule has 1 aromatic carbocycles. The summed E-state index contributed by atoms with van der Waals surface area (Å²) in [6.07, 6.45) is 1.13. The van der Waals surface area contributed by atoms with Gasteiger partial charge in [-0.05, 0) is 11.8 Å². The molecule has 0 bridgehead atoms. The number of hydrogen-bond acceptors (Lipinski definition) is 0. The van der Waals surface area contributed by atoms with Gasteiger partial charge in [-0.15, -0.1) is 12.1 Å². The van der Waals surface area contributed by atoms with Gasteiger partial charge in [-0.3, -0.25) is 0 Å². The summed E-state index contributed by atoms with van der Waals surface area (Å²) >= 11 is 0. The van der Waals surface area contributed by atoms with E-state index < -0.39 is 0 Å². The van der Waals surface area contributed by atoms with Gasteiger partial charge < -0.3 is 12.4 Å². The van der Waals surface area contributed by atoms with Crippen LogP contribution in [0.15, 0.2) is 24.3 Å². The predicted octanol–water partition coefficient (Wildman–Crippen LogP) is 0.0806. The van der Waals surface area contributed by atoms with Gasteiger partial charge in [0.25, 0.3) is 0 Å². The molecule has 0 spiro atoms. The first-order valence-electron chi connectivity index (χ1n) is 4.38. The van der Waals surface area contributed by atoms with Crippen LogP contribution in [0, 0.1) is 12.3 Å². The Morgan fingerprint density at radius 3 is 1.86 bits per heavy atom. The van der Waals surface area contributed by atoms with Gasteiger partial charge in [0.15, 0.2) is 0 Å². The van der Waals surface area contributed by atoms with Crippen LogP contribution in [0.4, 0.5) is 0 Å². The fourth-order valence-corrected chi connectivity index (χ4v) is 1.27. The fourth-order valence-electron chi connectivity index (χ4n) is 1.27. The third-order valence-electron chi connectivity index (χ3n) is 1.76. The summed E-state index contributed by atoms with van der Waals surface area (Å²) in [5, 5.41) is 0. The fraction of sp³-hybridized carbons (Fsp3) is 0.417. The molecule has 0 heterocycles. The van der Waals surface area contributed by atoms with Gasteiger partial charge in [-0.1, -0.05) is 26.3 Å². The van der Waals surface area contributed by atoms with E-state index in [1.165, 1.54) is 5.56 Å². The normalized spacial score (nSPS) is 9.93. The zero-order chi connectivity index (χ0) is 9.19. The van der Waals surface area contributed by atoms with Crippen LogP contribution in [0.5, 0.6) is 0 Å². The van der Waals surface area contributed by atoms with Gasteiger partial charge in [0.05, 0.1) is 0 Å². The van der Waals surface area contributed by atoms with Crippen molar-refractivity contribution in [2.24, 2.45) is 5.41 Å². The molecule has 0 amide bonds. The molecule has 0 aromatic heterocycles. The van der Waals surface area contributed by atoms with Gasteiger partial charge >= 0.3 is 23.1 Å². The van der Waals surface area contributed by atoms with Crippen LogP contribution in [-0.4, -0.2) is 23.1 Å². The Hall–Kier alpha value is 0.146. The summed E-state index contributed by atoms with van der Waals surface area (Å²) in [4.78, 5) is 0. The first kappa shape index (κ1) is 16.6. The quantitative estimate of drug-likeness (QED) is 0.465. The predicted molar refractivity (Wildman–Crippen MR) is 59.8 cm³/mol. The van der Waals surface area contributed by atoms with Crippen LogP contribution in [0.25, 0.3) is 0 Å². The van der Waals surface area contributed by atoms with E-state index in [0.29, 0.717) is 5.41 Å². The van der Waals surface area contributed by atoms with E-state index in [-0.39, 0.29) is 35.5 Å². The SMILES string of the molecule is [CH2-]c1ccc(CC(C)(C)C)cc1.[Cl-].[Mg+2]. The molecule has 0 aliphatic carbocycles. The van der Waals surface area contributed by atoms with E-state index in [2.05, 4.69) is 52.0 Å². The molecule has 14 heavy (non-hydrogen) atoms. The first-order valence-corrected chi connectivity index (χ1v) is 4.38. The molecule has 74 valence electrons. The van der Waals surface area contributed by atoms with Crippen LogP contribution in [0.1, 0.15) is 31.9 Å². The molecule has 0 aliphatic heterocycles. The van der Waals surface area contributed by atoms with Crippen molar-refractivity contribution in [2.45, 2.75) is 27.2 Å². The summed E-state index contributed by atoms with van der Waals surface area (Å²) in [6.45, 7) is 10.6. The zero-order valence-electron chi connectivity index (χ0n) is 9.31. The van der Waals surface area contributed by atoms with Crippen LogP contribution in [-0.2, 0) is 6.42 Å². The Balaban J connectivity index is 0. The first-order chi connectivity index (χ1) is 5.47. The molecule has 1 rings (SSSR count). The summed E-state index contributed by atoms with van der Waals surface area (Å²) in [5.41, 5.74) is 2.87. The average Bonchev–Trinajstić information content (AvgIpc) is 1.91. The van der Waals surface area contributed by atoms with E-state index in [1.807, 2.05) is 0 Å². The summed E-state index contributed by atoms with van der Waals surface area (Å²) in [7, 11) is 0. The molecule has 0 radical (unpaired) electrons. The molecule has 0 nitrogen and oxygen atoms in total. The molecule has 0 fully saturated rings. The number of benzene rings is 1. The number of hydrogen-bond donors (Lipinski definition) is 0. The van der Waals surface area contributed by atoms with Crippen molar-refractivity contribution >= 4 is 23.1 Å². The van der Waals surface area contributed by atoms with Gasteiger partial charge in [-0.25, -0.2) is 0 Å². The Bertz CT molecular complexity index is 246. The van der Waals surface area contributed by atoms with Crippen LogP contribution < -0.4 is 12.4 Å². The molecule has 0 atom stereocenters. The molecular weight excluding hydrogens is 204 g/mol. The largest absolute Gasteiger partial charge is 2.00 e. The van der Waals surface area contributed by atoms with Crippen LogP contribution >= 0.6 is 0 Å². The summed E-state index contributed by atoms with van der Waals surface area (Å²) in [5.74, 6) is 0. The maximum Gasteiger partial charge on any atom is 2.00 e. The van der Waals surface area contributed by atoms with Gasteiger partial charge in [-0.2, -0.15) is 24.6 Å². The maximum absolute atomic E-state index is 3.86. The van der Waals surface area contributed by atoms with E-state index in [1.54, 1.807) is 0 Å². The van der Waals surface area contributed by atoms with Crippen molar-refractivity contribution < 1.29 is 12.4 Å². The minimum atomic E-state index is 0. The molecule has 0 N–H and O–H groups in total. The van der Waals surface area contributed by atoms with E-state index in [0.717, 1.165) is 12.0 Å². The molecule has 0 aliphatic rings. The van der Waals surface area contributed by atoms with E-state index >= 15 is 0 Å². The van der Waals surface area contributed by atoms with Crippen molar-refractivity contribution in [1.82, 2.24) is 0 Å². The Labute approximate surface area is 110 Å². The smallest absolute Gasteiger partial charge is 1.00 e. The number of rotatable bonds is 1. The van der Waals surface area contributed by atoms with E-state index in [9.17, 15) is 0 Å². The Kier molecular flexibility index (Phi) is 7.81. The zero-order valence-corrected chi connectivity index (χ0v) is 11.5. The molecule has 0 saturated heterocycles. The van der Waals surface area contributed by atoms with Crippen molar-refractivity contribution in [3.63, 3.8) is 0 Å². The van der Waals surface area contributed by atoms with Crippen molar-refractivity contribution in [3.05, 3.63) is 42.3 Å². The van der Waals surface area contributed by atoms with Crippen LogP contribution in [0.3, 0.4) is 0 Å². The topological polar surface area (TPSA) is 0 Å². The maximum atomic E-state index is 3.86. The minimum Gasteiger partial charge on any atom is -1.00 e. The van der Waals surface area contributed by atoms with E-state index in [4.69, 9.17) is 0 Å². The molecule has 0 saturated carbocycles. The minimum absolute atomic E-state index is 0. The third-order valence-corrected chi connectivity index (χ3v) is 1.76. The molecular formula is C12H17ClMg. The summed E-state index contributed by atoms with van der Waals surface area (Å²) in [6, 6.07) is 8.46. The van der Waals surface area contributed by atoms with Gasteiger partial charge in [0.1, 0.15) is 0 Å². The standard InChI is InChI=1S/C12H17.ClH.Mg/c1-10-5-7-11(8-6-10)9-12(2,3)4;;/h5-8H,1,9H2,2-4H3;1H;/q-1;;+2/p-1. The van der Waals surface area contributed by atoms with Crippen molar-refractivity contribution in [1.29, 1.82) is 0 Å². The monoisotopic (exact) mass is 220 g/mol. The molecule has 1 aromatic rings. The van der Waals surface area contributed by atoms with Crippen molar-refractivity contribution in [2.75, 3.05) is 0 Å². The van der Waals surface area contributed by atoms with Gasteiger partial charge in [0.2, 0.25) is 0 Å². The second-order valence-corrected chi connectivity index (χ2v) is 4.55. The van der Waals surface area contributed by atoms with Gasteiger partial charge in [0, 0.05) is 0 Å². The Morgan fingerprint density at radius 1 is 1.07 bits per heavy atom. The number of halogens is 1. The second-order valence-electron chi connectivity index (χ2n) is 4.55. The van der Waals surface area contributed by atoms with Crippen LogP contribution in [0.2, 0.25) is 0 Å². The molecule has 0 unspecified atom stereocenters. The van der Waals surface area contributed by atoms with Crippen molar-refractivity contribution in [3.8, 4) is 0 Å². The third kappa shape index (κ3) is 6.58. The molecule has 2 heteroatoms. The second kappa shape index (κ2) is 6.60. The Morgan fingerprint density at radius 2 is 1.50 bits per heavy atom. The average molecular weight is 221 g/mol. The summed E-state index contributed by atoms with van der Waals surface area (Å²) < 4.78 is 0.